The zero-order chi connectivity index (χ0) is 17.5. The number of guanidine groups is 1. The summed E-state index contributed by atoms with van der Waals surface area (Å²) >= 11 is 5.91. The molecule has 1 aliphatic rings. The minimum Gasteiger partial charge on any atom is -0.357 e. The van der Waals surface area contributed by atoms with Crippen molar-refractivity contribution in [2.24, 2.45) is 4.99 Å². The van der Waals surface area contributed by atoms with Gasteiger partial charge in [-0.2, -0.15) is 0 Å². The standard InChI is InChI=1S/C19H24ClN5.HI/c1-21-19(23-12-15-4-7-17(20)8-5-15)24-14-16-6-9-18(22-13-16)25-10-2-3-11-25;/h4-9,13H,2-3,10-12,14H2,1H3,(H2,21,23,24);1H. The van der Waals surface area contributed by atoms with Crippen LogP contribution in [0.4, 0.5) is 5.82 Å². The van der Waals surface area contributed by atoms with Gasteiger partial charge in [0.1, 0.15) is 5.82 Å². The summed E-state index contributed by atoms with van der Waals surface area (Å²) in [5.74, 6) is 1.84. The lowest BCUT2D eigenvalue weighted by Gasteiger charge is -2.16. The molecule has 0 spiro atoms. The summed E-state index contributed by atoms with van der Waals surface area (Å²) < 4.78 is 0. The van der Waals surface area contributed by atoms with Crippen LogP contribution >= 0.6 is 35.6 Å². The molecular weight excluding hydrogens is 461 g/mol. The van der Waals surface area contributed by atoms with Crippen molar-refractivity contribution in [2.75, 3.05) is 25.0 Å². The van der Waals surface area contributed by atoms with E-state index >= 15 is 0 Å². The highest BCUT2D eigenvalue weighted by atomic mass is 127. The fourth-order valence-electron chi connectivity index (χ4n) is 2.85. The van der Waals surface area contributed by atoms with Gasteiger partial charge in [-0.3, -0.25) is 4.99 Å². The Labute approximate surface area is 177 Å². The van der Waals surface area contributed by atoms with Gasteiger partial charge in [0.2, 0.25) is 0 Å². The van der Waals surface area contributed by atoms with Gasteiger partial charge >= 0.3 is 0 Å². The highest BCUT2D eigenvalue weighted by Gasteiger charge is 2.12. The second kappa shape index (κ2) is 10.6. The molecule has 0 bridgehead atoms. The molecule has 0 amide bonds. The van der Waals surface area contributed by atoms with Crippen LogP contribution in [0.5, 0.6) is 0 Å². The van der Waals surface area contributed by atoms with Gasteiger partial charge in [-0.25, -0.2) is 4.98 Å². The van der Waals surface area contributed by atoms with Crippen LogP contribution in [0.3, 0.4) is 0 Å². The van der Waals surface area contributed by atoms with E-state index < -0.39 is 0 Å². The van der Waals surface area contributed by atoms with Gasteiger partial charge in [0.05, 0.1) is 0 Å². The molecule has 0 radical (unpaired) electrons. The van der Waals surface area contributed by atoms with E-state index in [1.54, 1.807) is 7.05 Å². The second-order valence-electron chi connectivity index (χ2n) is 6.12. The van der Waals surface area contributed by atoms with Crippen molar-refractivity contribution >= 4 is 47.4 Å². The normalized spacial score (nSPS) is 14.1. The highest BCUT2D eigenvalue weighted by molar-refractivity contribution is 14.0. The number of aromatic nitrogens is 1. The molecule has 0 saturated carbocycles. The maximum absolute atomic E-state index is 5.91. The van der Waals surface area contributed by atoms with E-state index in [1.807, 2.05) is 30.5 Å². The molecule has 0 unspecified atom stereocenters. The number of benzene rings is 1. The molecule has 0 aliphatic carbocycles. The number of nitrogens with one attached hydrogen (secondary N) is 2. The van der Waals surface area contributed by atoms with Crippen LogP contribution < -0.4 is 15.5 Å². The number of rotatable bonds is 5. The van der Waals surface area contributed by atoms with E-state index in [2.05, 4.69) is 37.6 Å². The number of hydrogen-bond acceptors (Lipinski definition) is 3. The minimum absolute atomic E-state index is 0. The second-order valence-corrected chi connectivity index (χ2v) is 6.56. The Kier molecular flexibility index (Phi) is 8.44. The lowest BCUT2D eigenvalue weighted by molar-refractivity contribution is 0.806. The fraction of sp³-hybridized carbons (Fsp3) is 0.368. The summed E-state index contributed by atoms with van der Waals surface area (Å²) in [7, 11) is 1.77. The zero-order valence-electron chi connectivity index (χ0n) is 14.9. The summed E-state index contributed by atoms with van der Waals surface area (Å²) in [6.07, 6.45) is 4.47. The van der Waals surface area contributed by atoms with Crippen molar-refractivity contribution in [3.8, 4) is 0 Å². The molecule has 26 heavy (non-hydrogen) atoms. The lowest BCUT2D eigenvalue weighted by atomic mass is 10.2. The molecule has 2 aromatic rings. The maximum atomic E-state index is 5.91. The molecule has 0 atom stereocenters. The van der Waals surface area contributed by atoms with Crippen molar-refractivity contribution in [2.45, 2.75) is 25.9 Å². The van der Waals surface area contributed by atoms with E-state index in [-0.39, 0.29) is 24.0 Å². The van der Waals surface area contributed by atoms with Crippen LogP contribution in [0.15, 0.2) is 47.6 Å². The minimum atomic E-state index is 0. The summed E-state index contributed by atoms with van der Waals surface area (Å²) in [5.41, 5.74) is 2.29. The molecule has 1 aliphatic heterocycles. The third kappa shape index (κ3) is 6.02. The molecule has 1 aromatic carbocycles. The van der Waals surface area contributed by atoms with Crippen LogP contribution in [0.25, 0.3) is 0 Å². The van der Waals surface area contributed by atoms with Crippen LogP contribution in [0.2, 0.25) is 5.02 Å². The van der Waals surface area contributed by atoms with E-state index in [4.69, 9.17) is 11.6 Å². The first-order chi connectivity index (χ1) is 12.2. The van der Waals surface area contributed by atoms with Crippen LogP contribution in [0, 0.1) is 0 Å². The molecule has 1 saturated heterocycles. The molecule has 2 N–H and O–H groups in total. The average Bonchev–Trinajstić information content (AvgIpc) is 3.18. The largest absolute Gasteiger partial charge is 0.357 e. The number of hydrogen-bond donors (Lipinski definition) is 2. The Balaban J connectivity index is 0.00000243. The van der Waals surface area contributed by atoms with E-state index in [9.17, 15) is 0 Å². The molecule has 3 rings (SSSR count). The Bertz CT molecular complexity index is 697. The van der Waals surface area contributed by atoms with Crippen molar-refractivity contribution in [1.29, 1.82) is 0 Å². The van der Waals surface area contributed by atoms with Gasteiger partial charge in [0, 0.05) is 44.4 Å². The van der Waals surface area contributed by atoms with Gasteiger partial charge in [-0.15, -0.1) is 24.0 Å². The third-order valence-electron chi connectivity index (χ3n) is 4.30. The number of nitrogens with zero attached hydrogens (tertiary/aromatic N) is 3. The lowest BCUT2D eigenvalue weighted by Crippen LogP contribution is -2.36. The number of pyridine rings is 1. The van der Waals surface area contributed by atoms with E-state index in [0.717, 1.165) is 41.0 Å². The SMILES string of the molecule is CN=C(NCc1ccc(Cl)cc1)NCc1ccc(N2CCCC2)nc1.I. The third-order valence-corrected chi connectivity index (χ3v) is 4.55. The molecule has 7 heteroatoms. The summed E-state index contributed by atoms with van der Waals surface area (Å²) in [5, 5.41) is 7.36. The highest BCUT2D eigenvalue weighted by Crippen LogP contribution is 2.17. The predicted octanol–water partition coefficient (Wildman–Crippen LogP) is 3.82. The van der Waals surface area contributed by atoms with Gasteiger partial charge in [-0.1, -0.05) is 29.8 Å². The van der Waals surface area contributed by atoms with Gasteiger partial charge in [0.25, 0.3) is 0 Å². The molecule has 1 fully saturated rings. The number of aliphatic imine (C=N–C) groups is 1. The summed E-state index contributed by atoms with van der Waals surface area (Å²) in [4.78, 5) is 11.2. The molecule has 2 heterocycles. The van der Waals surface area contributed by atoms with Gasteiger partial charge < -0.3 is 15.5 Å². The van der Waals surface area contributed by atoms with Crippen molar-refractivity contribution in [1.82, 2.24) is 15.6 Å². The summed E-state index contributed by atoms with van der Waals surface area (Å²) in [6.45, 7) is 3.62. The molecule has 5 nitrogen and oxygen atoms in total. The number of halogens is 2. The van der Waals surface area contributed by atoms with Gasteiger partial charge in [-0.05, 0) is 42.2 Å². The Morgan fingerprint density at radius 3 is 2.23 bits per heavy atom. The first-order valence-electron chi connectivity index (χ1n) is 8.63. The smallest absolute Gasteiger partial charge is 0.191 e. The first kappa shape index (κ1) is 20.8. The fourth-order valence-corrected chi connectivity index (χ4v) is 2.97. The van der Waals surface area contributed by atoms with E-state index in [0.29, 0.717) is 13.1 Å². The van der Waals surface area contributed by atoms with Crippen LogP contribution in [-0.4, -0.2) is 31.1 Å². The summed E-state index contributed by atoms with van der Waals surface area (Å²) in [6, 6.07) is 12.0. The topological polar surface area (TPSA) is 52.6 Å². The maximum Gasteiger partial charge on any atom is 0.191 e. The van der Waals surface area contributed by atoms with Gasteiger partial charge in [0.15, 0.2) is 5.96 Å². The van der Waals surface area contributed by atoms with Crippen molar-refractivity contribution in [3.63, 3.8) is 0 Å². The first-order valence-corrected chi connectivity index (χ1v) is 9.01. The molecule has 140 valence electrons. The van der Waals surface area contributed by atoms with Crippen molar-refractivity contribution in [3.05, 3.63) is 58.7 Å². The van der Waals surface area contributed by atoms with Crippen LogP contribution in [-0.2, 0) is 13.1 Å². The molecular formula is C19H25ClIN5. The Morgan fingerprint density at radius 1 is 1.04 bits per heavy atom. The number of anilines is 1. The monoisotopic (exact) mass is 485 g/mol. The predicted molar refractivity (Wildman–Crippen MR) is 120 cm³/mol. The Hall–Kier alpha value is -1.54. The zero-order valence-corrected chi connectivity index (χ0v) is 18.0. The van der Waals surface area contributed by atoms with Crippen molar-refractivity contribution < 1.29 is 0 Å². The molecule has 1 aromatic heterocycles. The Morgan fingerprint density at radius 2 is 1.65 bits per heavy atom. The van der Waals surface area contributed by atoms with E-state index in [1.165, 1.54) is 12.8 Å². The average molecular weight is 486 g/mol. The van der Waals surface area contributed by atoms with Crippen LogP contribution in [0.1, 0.15) is 24.0 Å². The quantitative estimate of drug-likeness (QED) is 0.384.